The summed E-state index contributed by atoms with van der Waals surface area (Å²) >= 11 is 4.73. The normalized spacial score (nSPS) is 11.8. The summed E-state index contributed by atoms with van der Waals surface area (Å²) in [6.45, 7) is 0. The first-order valence-corrected chi connectivity index (χ1v) is 6.68. The number of nitrogens with zero attached hydrogens (tertiary/aromatic N) is 1. The molecule has 1 rings (SSSR count). The van der Waals surface area contributed by atoms with Gasteiger partial charge in [0.1, 0.15) is 6.04 Å². The Balaban J connectivity index is 2.40. The van der Waals surface area contributed by atoms with Crippen LogP contribution in [-0.2, 0) is 15.3 Å². The number of aromatic nitrogens is 1. The molecule has 0 radical (unpaired) electrons. The van der Waals surface area contributed by atoms with Gasteiger partial charge in [0.25, 0.3) is 0 Å². The second-order valence-corrected chi connectivity index (χ2v) is 5.15. The van der Waals surface area contributed by atoms with Crippen LogP contribution in [0.15, 0.2) is 22.9 Å². The molecule has 1 amide bonds. The summed E-state index contributed by atoms with van der Waals surface area (Å²) in [5.74, 6) is -0.0610. The average molecular weight is 319 g/mol. The van der Waals surface area contributed by atoms with Crippen molar-refractivity contribution in [1.29, 1.82) is 0 Å². The van der Waals surface area contributed by atoms with Crippen molar-refractivity contribution in [1.82, 2.24) is 10.3 Å². The zero-order valence-corrected chi connectivity index (χ0v) is 11.2. The molecule has 0 aromatic carbocycles. The van der Waals surface area contributed by atoms with Crippen LogP contribution in [0.2, 0.25) is 0 Å². The third kappa shape index (κ3) is 5.18. The van der Waals surface area contributed by atoms with Crippen molar-refractivity contribution in [2.45, 2.75) is 11.8 Å². The Morgan fingerprint density at radius 1 is 1.65 bits per heavy atom. The first kappa shape index (κ1) is 14.0. The van der Waals surface area contributed by atoms with Crippen LogP contribution in [0.4, 0.5) is 0 Å². The lowest BCUT2D eigenvalue weighted by Crippen LogP contribution is -2.37. The number of halogens is 1. The molecule has 1 aromatic rings. The lowest BCUT2D eigenvalue weighted by Gasteiger charge is -2.10. The molecule has 0 aliphatic rings. The second-order valence-electron chi connectivity index (χ2n) is 3.20. The van der Waals surface area contributed by atoms with Crippen LogP contribution in [0.3, 0.4) is 0 Å². The highest BCUT2D eigenvalue weighted by atomic mass is 79.9. The van der Waals surface area contributed by atoms with Gasteiger partial charge in [-0.1, -0.05) is 0 Å². The molecular weight excluding hydrogens is 308 g/mol. The predicted octanol–water partition coefficient (Wildman–Crippen LogP) is 1.28. The maximum atomic E-state index is 10.7. The number of carbonyl (C=O) groups excluding carboxylic acids is 1. The zero-order valence-electron chi connectivity index (χ0n) is 8.80. The molecule has 1 unspecified atom stereocenters. The molecule has 1 atom stereocenters. The Labute approximate surface area is 111 Å². The van der Waals surface area contributed by atoms with E-state index < -0.39 is 12.0 Å². The van der Waals surface area contributed by atoms with E-state index in [1.54, 1.807) is 12.4 Å². The lowest BCUT2D eigenvalue weighted by molar-refractivity contribution is -0.139. The van der Waals surface area contributed by atoms with Crippen LogP contribution in [0, 0.1) is 0 Å². The summed E-state index contributed by atoms with van der Waals surface area (Å²) in [5.41, 5.74) is 1.000. The third-order valence-electron chi connectivity index (χ3n) is 1.88. The highest BCUT2D eigenvalue weighted by Crippen LogP contribution is 2.16. The number of pyridine rings is 1. The molecule has 17 heavy (non-hydrogen) atoms. The topological polar surface area (TPSA) is 79.3 Å². The molecule has 7 heteroatoms. The van der Waals surface area contributed by atoms with E-state index >= 15 is 0 Å². The van der Waals surface area contributed by atoms with Gasteiger partial charge < -0.3 is 10.4 Å². The number of aliphatic carboxylic acids is 1. The van der Waals surface area contributed by atoms with Crippen LogP contribution in [-0.4, -0.2) is 34.3 Å². The molecule has 1 heterocycles. The molecule has 2 N–H and O–H groups in total. The van der Waals surface area contributed by atoms with E-state index in [0.29, 0.717) is 17.9 Å². The van der Waals surface area contributed by atoms with E-state index in [-0.39, 0.29) is 0 Å². The van der Waals surface area contributed by atoms with E-state index in [4.69, 9.17) is 5.11 Å². The van der Waals surface area contributed by atoms with Crippen LogP contribution in [0.5, 0.6) is 0 Å². The molecule has 0 bridgehead atoms. The number of carboxylic acid groups (broad SMARTS) is 1. The van der Waals surface area contributed by atoms with Crippen molar-refractivity contribution in [2.75, 3.05) is 5.75 Å². The Kier molecular flexibility index (Phi) is 5.99. The summed E-state index contributed by atoms with van der Waals surface area (Å²) in [5, 5.41) is 11.0. The van der Waals surface area contributed by atoms with Gasteiger partial charge >= 0.3 is 5.97 Å². The number of carboxylic acids is 1. The largest absolute Gasteiger partial charge is 0.480 e. The van der Waals surface area contributed by atoms with E-state index in [1.807, 2.05) is 6.07 Å². The van der Waals surface area contributed by atoms with E-state index in [9.17, 15) is 9.59 Å². The van der Waals surface area contributed by atoms with Crippen LogP contribution in [0.1, 0.15) is 5.56 Å². The highest BCUT2D eigenvalue weighted by Gasteiger charge is 2.15. The van der Waals surface area contributed by atoms with Gasteiger partial charge in [0.15, 0.2) is 0 Å². The lowest BCUT2D eigenvalue weighted by atomic mass is 10.3. The standard InChI is InChI=1S/C10H11BrN2O3S/c11-8-1-7(2-12-3-8)4-17-5-9(10(15)16)13-6-14/h1-3,6,9H,4-5H2,(H,13,14)(H,15,16). The minimum absolute atomic E-state index is 0.320. The molecule has 0 saturated carbocycles. The minimum atomic E-state index is -1.03. The molecule has 0 aliphatic carbocycles. The third-order valence-corrected chi connectivity index (χ3v) is 3.42. The smallest absolute Gasteiger partial charge is 0.327 e. The molecule has 0 saturated heterocycles. The summed E-state index contributed by atoms with van der Waals surface area (Å²) in [4.78, 5) is 24.9. The van der Waals surface area contributed by atoms with E-state index in [0.717, 1.165) is 10.0 Å². The Morgan fingerprint density at radius 2 is 2.41 bits per heavy atom. The Morgan fingerprint density at radius 3 is 3.00 bits per heavy atom. The SMILES string of the molecule is O=CNC(CSCc1cncc(Br)c1)C(=O)O. The number of rotatable bonds is 7. The van der Waals surface area contributed by atoms with Gasteiger partial charge in [-0.15, -0.1) is 0 Å². The molecule has 5 nitrogen and oxygen atoms in total. The zero-order chi connectivity index (χ0) is 12.7. The van der Waals surface area contributed by atoms with Gasteiger partial charge in [-0.25, -0.2) is 4.79 Å². The highest BCUT2D eigenvalue weighted by molar-refractivity contribution is 9.10. The number of hydrogen-bond donors (Lipinski definition) is 2. The molecule has 0 fully saturated rings. The quantitative estimate of drug-likeness (QED) is 0.740. The molecule has 0 spiro atoms. The van der Waals surface area contributed by atoms with E-state index in [1.165, 1.54) is 11.8 Å². The van der Waals surface area contributed by atoms with Crippen molar-refractivity contribution < 1.29 is 14.7 Å². The predicted molar refractivity (Wildman–Crippen MR) is 68.7 cm³/mol. The first-order valence-electron chi connectivity index (χ1n) is 4.73. The summed E-state index contributed by atoms with van der Waals surface area (Å²) in [6.07, 6.45) is 3.81. The van der Waals surface area contributed by atoms with Gasteiger partial charge in [0, 0.05) is 28.4 Å². The fraction of sp³-hybridized carbons (Fsp3) is 0.300. The number of thioether (sulfide) groups is 1. The summed E-state index contributed by atoms with van der Waals surface area (Å²) in [6, 6.07) is 1.07. The van der Waals surface area contributed by atoms with Crippen molar-refractivity contribution in [3.05, 3.63) is 28.5 Å². The number of carbonyl (C=O) groups is 2. The molecule has 0 aliphatic heterocycles. The monoisotopic (exact) mass is 318 g/mol. The fourth-order valence-electron chi connectivity index (χ4n) is 1.10. The van der Waals surface area contributed by atoms with Gasteiger partial charge in [-0.2, -0.15) is 11.8 Å². The maximum absolute atomic E-state index is 10.7. The summed E-state index contributed by atoms with van der Waals surface area (Å²) in [7, 11) is 0. The van der Waals surface area contributed by atoms with Crippen LogP contribution in [0.25, 0.3) is 0 Å². The van der Waals surface area contributed by atoms with E-state index in [2.05, 4.69) is 26.2 Å². The number of hydrogen-bond acceptors (Lipinski definition) is 4. The second kappa shape index (κ2) is 7.29. The average Bonchev–Trinajstić information content (AvgIpc) is 2.28. The summed E-state index contributed by atoms with van der Waals surface area (Å²) < 4.78 is 0.886. The van der Waals surface area contributed by atoms with Crippen molar-refractivity contribution in [2.24, 2.45) is 0 Å². The number of amides is 1. The van der Waals surface area contributed by atoms with Gasteiger partial charge in [0.05, 0.1) is 0 Å². The first-order chi connectivity index (χ1) is 8.13. The van der Waals surface area contributed by atoms with Crippen molar-refractivity contribution in [3.8, 4) is 0 Å². The van der Waals surface area contributed by atoms with Gasteiger partial charge in [-0.3, -0.25) is 9.78 Å². The van der Waals surface area contributed by atoms with Crippen LogP contribution >= 0.6 is 27.7 Å². The minimum Gasteiger partial charge on any atom is -0.480 e. The van der Waals surface area contributed by atoms with Gasteiger partial charge in [0.2, 0.25) is 6.41 Å². The van der Waals surface area contributed by atoms with Crippen LogP contribution < -0.4 is 5.32 Å². The molecule has 1 aromatic heterocycles. The number of nitrogens with one attached hydrogen (secondary N) is 1. The maximum Gasteiger partial charge on any atom is 0.327 e. The van der Waals surface area contributed by atoms with Crippen molar-refractivity contribution in [3.63, 3.8) is 0 Å². The Bertz CT molecular complexity index is 403. The fourth-order valence-corrected chi connectivity index (χ4v) is 2.50. The molecule has 92 valence electrons. The molecular formula is C10H11BrN2O3S. The Hall–Kier alpha value is -1.08. The van der Waals surface area contributed by atoms with Crippen molar-refractivity contribution >= 4 is 40.1 Å². The van der Waals surface area contributed by atoms with Gasteiger partial charge in [-0.05, 0) is 27.6 Å².